The Kier molecular flexibility index (Phi) is 6.32. The van der Waals surface area contributed by atoms with Crippen LogP contribution in [0.3, 0.4) is 0 Å². The molecule has 1 amide bonds. The van der Waals surface area contributed by atoms with Gasteiger partial charge in [-0.05, 0) is 37.5 Å². The van der Waals surface area contributed by atoms with Crippen LogP contribution in [0, 0.1) is 11.3 Å². The van der Waals surface area contributed by atoms with Gasteiger partial charge in [0.2, 0.25) is 5.91 Å². The summed E-state index contributed by atoms with van der Waals surface area (Å²) in [6.07, 6.45) is 8.56. The van der Waals surface area contributed by atoms with Gasteiger partial charge in [0.15, 0.2) is 0 Å². The number of fused-ring (bicyclic) bond motifs is 1. The number of hydrogen-bond donors (Lipinski definition) is 0. The van der Waals surface area contributed by atoms with Gasteiger partial charge in [-0.15, -0.1) is 0 Å². The molecule has 0 aromatic carbocycles. The quantitative estimate of drug-likeness (QED) is 0.578. The zero-order valence-electron chi connectivity index (χ0n) is 19.3. The fourth-order valence-corrected chi connectivity index (χ4v) is 4.59. The summed E-state index contributed by atoms with van der Waals surface area (Å²) >= 11 is 0. The van der Waals surface area contributed by atoms with Crippen molar-refractivity contribution in [1.29, 1.82) is 5.26 Å². The zero-order valence-corrected chi connectivity index (χ0v) is 19.3. The monoisotopic (exact) mass is 460 g/mol. The maximum Gasteiger partial charge on any atom is 0.219 e. The third-order valence-electron chi connectivity index (χ3n) is 6.52. The van der Waals surface area contributed by atoms with Crippen LogP contribution in [0.25, 0.3) is 16.6 Å². The number of anilines is 1. The number of piperazine rings is 1. The Labute approximate surface area is 198 Å². The average molecular weight is 461 g/mol. The molecule has 2 aliphatic heterocycles. The van der Waals surface area contributed by atoms with Crippen molar-refractivity contribution in [3.8, 4) is 22.9 Å². The average Bonchev–Trinajstić information content (AvgIpc) is 3.31. The van der Waals surface area contributed by atoms with Crippen LogP contribution in [0.2, 0.25) is 0 Å². The van der Waals surface area contributed by atoms with Gasteiger partial charge in [0.05, 0.1) is 29.6 Å². The van der Waals surface area contributed by atoms with E-state index in [-0.39, 0.29) is 12.0 Å². The molecule has 0 radical (unpaired) electrons. The van der Waals surface area contributed by atoms with Crippen LogP contribution in [0.5, 0.6) is 5.75 Å². The lowest BCUT2D eigenvalue weighted by Gasteiger charge is -2.34. The fourth-order valence-electron chi connectivity index (χ4n) is 4.59. The second-order valence-corrected chi connectivity index (χ2v) is 8.75. The van der Waals surface area contributed by atoms with Crippen molar-refractivity contribution in [3.63, 3.8) is 0 Å². The van der Waals surface area contributed by atoms with Crippen molar-refractivity contribution in [3.05, 3.63) is 42.4 Å². The van der Waals surface area contributed by atoms with Gasteiger partial charge in [0.25, 0.3) is 0 Å². The first-order valence-corrected chi connectivity index (χ1v) is 11.7. The second kappa shape index (κ2) is 9.69. The number of carbonyl (C=O) groups excluding carboxylic acids is 1. The van der Waals surface area contributed by atoms with Crippen LogP contribution in [0.15, 0.2) is 36.8 Å². The summed E-state index contributed by atoms with van der Waals surface area (Å²) in [4.78, 5) is 20.3. The van der Waals surface area contributed by atoms with Crippen LogP contribution in [0.4, 0.5) is 5.82 Å². The third-order valence-corrected chi connectivity index (χ3v) is 6.52. The molecule has 2 aliphatic rings. The molecular weight excluding hydrogens is 432 g/mol. The summed E-state index contributed by atoms with van der Waals surface area (Å²) in [6.45, 7) is 5.78. The lowest BCUT2D eigenvalue weighted by molar-refractivity contribution is -0.129. The minimum absolute atomic E-state index is 0.101. The maximum absolute atomic E-state index is 11.6. The third kappa shape index (κ3) is 4.54. The Morgan fingerprint density at radius 1 is 1.24 bits per heavy atom. The van der Waals surface area contributed by atoms with Crippen LogP contribution < -0.4 is 9.64 Å². The smallest absolute Gasteiger partial charge is 0.219 e. The first-order valence-electron chi connectivity index (χ1n) is 11.7. The van der Waals surface area contributed by atoms with E-state index in [0.717, 1.165) is 61.4 Å². The highest BCUT2D eigenvalue weighted by Gasteiger charge is 2.21. The molecule has 5 heterocycles. The first-order chi connectivity index (χ1) is 16.6. The normalized spacial score (nSPS) is 18.6. The van der Waals surface area contributed by atoms with Gasteiger partial charge in [-0.25, -0.2) is 9.50 Å². The van der Waals surface area contributed by atoms with E-state index in [1.165, 1.54) is 0 Å². The molecule has 2 saturated heterocycles. The summed E-state index contributed by atoms with van der Waals surface area (Å²) in [7, 11) is 0. The molecule has 2 fully saturated rings. The number of aromatic nitrogens is 3. The molecule has 3 aromatic heterocycles. The van der Waals surface area contributed by atoms with Crippen molar-refractivity contribution in [2.75, 3.05) is 44.3 Å². The van der Waals surface area contributed by atoms with E-state index in [4.69, 9.17) is 14.5 Å². The van der Waals surface area contributed by atoms with E-state index in [0.29, 0.717) is 31.0 Å². The van der Waals surface area contributed by atoms with E-state index in [1.54, 1.807) is 23.8 Å². The summed E-state index contributed by atoms with van der Waals surface area (Å²) in [5.74, 6) is 1.66. The highest BCUT2D eigenvalue weighted by atomic mass is 16.5. The van der Waals surface area contributed by atoms with Crippen molar-refractivity contribution in [2.24, 2.45) is 0 Å². The lowest BCUT2D eigenvalue weighted by Crippen LogP contribution is -2.48. The van der Waals surface area contributed by atoms with Crippen molar-refractivity contribution >= 4 is 17.2 Å². The van der Waals surface area contributed by atoms with Gasteiger partial charge >= 0.3 is 0 Å². The molecule has 0 N–H and O–H groups in total. The largest absolute Gasteiger partial charge is 0.489 e. The standard InChI is InChI=1S/C25H28N6O3/c1-18(32)29-7-9-30(10-8-29)24-6-5-19(14-27-24)23-12-22(34-17-21-4-2-3-11-33-21)16-31-25(23)20(13-26)15-28-31/h5-6,12,14-16,21H,2-4,7-11,17H2,1H3. The van der Waals surface area contributed by atoms with Gasteiger partial charge < -0.3 is 19.3 Å². The van der Waals surface area contributed by atoms with Crippen molar-refractivity contribution in [1.82, 2.24) is 19.5 Å². The molecule has 0 saturated carbocycles. The Hall–Kier alpha value is -3.64. The first kappa shape index (κ1) is 22.2. The predicted octanol–water partition coefficient (Wildman–Crippen LogP) is 2.88. The maximum atomic E-state index is 11.6. The van der Waals surface area contributed by atoms with E-state index in [1.807, 2.05) is 29.3 Å². The van der Waals surface area contributed by atoms with E-state index < -0.39 is 0 Å². The fraction of sp³-hybridized carbons (Fsp3) is 0.440. The number of ether oxygens (including phenoxy) is 2. The molecule has 34 heavy (non-hydrogen) atoms. The molecule has 3 aromatic rings. The van der Waals surface area contributed by atoms with Gasteiger partial charge in [-0.3, -0.25) is 4.79 Å². The molecule has 9 heteroatoms. The number of nitrogens with zero attached hydrogens (tertiary/aromatic N) is 6. The Bertz CT molecular complexity index is 1200. The molecule has 9 nitrogen and oxygen atoms in total. The number of carbonyl (C=O) groups is 1. The molecule has 0 bridgehead atoms. The van der Waals surface area contributed by atoms with Gasteiger partial charge in [0, 0.05) is 57.0 Å². The number of hydrogen-bond acceptors (Lipinski definition) is 7. The number of amides is 1. The van der Waals surface area contributed by atoms with Crippen LogP contribution in [-0.2, 0) is 9.53 Å². The Balaban J connectivity index is 1.39. The minimum atomic E-state index is 0.101. The van der Waals surface area contributed by atoms with Gasteiger partial charge in [-0.2, -0.15) is 10.4 Å². The van der Waals surface area contributed by atoms with Crippen LogP contribution in [-0.4, -0.2) is 70.9 Å². The van der Waals surface area contributed by atoms with Crippen molar-refractivity contribution < 1.29 is 14.3 Å². The SMILES string of the molecule is CC(=O)N1CCN(c2ccc(-c3cc(OCC4CCCCO4)cn4ncc(C#N)c34)cn2)CC1. The molecule has 1 unspecified atom stereocenters. The second-order valence-electron chi connectivity index (χ2n) is 8.75. The van der Waals surface area contributed by atoms with Gasteiger partial charge in [-0.1, -0.05) is 0 Å². The van der Waals surface area contributed by atoms with E-state index in [9.17, 15) is 10.1 Å². The molecular formula is C25H28N6O3. The van der Waals surface area contributed by atoms with E-state index in [2.05, 4.69) is 16.1 Å². The topological polar surface area (TPSA) is 96.0 Å². The predicted molar refractivity (Wildman–Crippen MR) is 127 cm³/mol. The molecule has 5 rings (SSSR count). The summed E-state index contributed by atoms with van der Waals surface area (Å²) in [5.41, 5.74) is 2.96. The number of pyridine rings is 2. The zero-order chi connectivity index (χ0) is 23.5. The van der Waals surface area contributed by atoms with Crippen LogP contribution in [0.1, 0.15) is 31.7 Å². The highest BCUT2D eigenvalue weighted by molar-refractivity contribution is 5.85. The molecule has 0 aliphatic carbocycles. The number of rotatable bonds is 5. The Morgan fingerprint density at radius 3 is 2.76 bits per heavy atom. The Morgan fingerprint density at radius 2 is 2.09 bits per heavy atom. The summed E-state index contributed by atoms with van der Waals surface area (Å²) < 4.78 is 13.6. The van der Waals surface area contributed by atoms with E-state index >= 15 is 0 Å². The summed E-state index contributed by atoms with van der Waals surface area (Å²) in [6, 6.07) is 8.18. The highest BCUT2D eigenvalue weighted by Crippen LogP contribution is 2.31. The number of nitriles is 1. The molecule has 1 atom stereocenters. The van der Waals surface area contributed by atoms with Crippen molar-refractivity contribution in [2.45, 2.75) is 32.3 Å². The van der Waals surface area contributed by atoms with Crippen LogP contribution >= 0.6 is 0 Å². The molecule has 176 valence electrons. The molecule has 0 spiro atoms. The van der Waals surface area contributed by atoms with Gasteiger partial charge in [0.1, 0.15) is 24.2 Å². The lowest BCUT2D eigenvalue weighted by atomic mass is 10.1. The summed E-state index contributed by atoms with van der Waals surface area (Å²) in [5, 5.41) is 14.0. The minimum Gasteiger partial charge on any atom is -0.489 e.